The molecular weight excluding hydrogens is 300 g/mol. The zero-order valence-corrected chi connectivity index (χ0v) is 14.7. The fourth-order valence-corrected chi connectivity index (χ4v) is 3.13. The zero-order chi connectivity index (χ0) is 16.4. The Kier molecular flexibility index (Phi) is 5.07. The minimum Gasteiger partial charge on any atom is -0.352 e. The molecule has 2 heterocycles. The molecule has 1 aromatic heterocycles. The summed E-state index contributed by atoms with van der Waals surface area (Å²) in [5.74, 6) is 1.70. The first-order chi connectivity index (χ1) is 10.2. The van der Waals surface area contributed by atoms with Gasteiger partial charge < -0.3 is 4.90 Å². The van der Waals surface area contributed by atoms with Crippen LogP contribution in [0, 0.1) is 0 Å². The number of sulfonamides is 1. The second-order valence-corrected chi connectivity index (χ2v) is 8.79. The van der Waals surface area contributed by atoms with Crippen LogP contribution in [0.2, 0.25) is 0 Å². The highest BCUT2D eigenvalue weighted by Crippen LogP contribution is 2.25. The molecule has 0 bridgehead atoms. The van der Waals surface area contributed by atoms with Crippen LogP contribution in [0.15, 0.2) is 12.3 Å². The molecule has 124 valence electrons. The maximum absolute atomic E-state index is 11.3. The lowest BCUT2D eigenvalue weighted by Gasteiger charge is -2.37. The molecule has 0 amide bonds. The molecule has 1 aromatic rings. The third kappa shape index (κ3) is 4.64. The van der Waals surface area contributed by atoms with Gasteiger partial charge in [-0.1, -0.05) is 20.8 Å². The van der Waals surface area contributed by atoms with Crippen LogP contribution in [0.4, 0.5) is 5.82 Å². The first kappa shape index (κ1) is 17.1. The Morgan fingerprint density at radius 1 is 1.36 bits per heavy atom. The molecule has 1 N–H and O–H groups in total. The SMILES string of the molecule is CC(C)(C)c1nccc(N2CCCC[C@@H]2CNS(C)(=O)=O)n1. The summed E-state index contributed by atoms with van der Waals surface area (Å²) in [6.45, 7) is 7.59. The largest absolute Gasteiger partial charge is 0.352 e. The van der Waals surface area contributed by atoms with Gasteiger partial charge in [-0.25, -0.2) is 23.1 Å². The van der Waals surface area contributed by atoms with Gasteiger partial charge in [0.05, 0.1) is 6.26 Å². The number of piperidine rings is 1. The van der Waals surface area contributed by atoms with Crippen LogP contribution in [0.25, 0.3) is 0 Å². The standard InChI is InChI=1S/C15H26N4O2S/c1-15(2,3)14-16-9-8-13(18-14)19-10-6-5-7-12(19)11-17-22(4,20)21/h8-9,12,17H,5-7,10-11H2,1-4H3/t12-/m1/s1. The number of rotatable bonds is 4. The highest BCUT2D eigenvalue weighted by Gasteiger charge is 2.26. The Balaban J connectivity index is 2.20. The fraction of sp³-hybridized carbons (Fsp3) is 0.733. The maximum Gasteiger partial charge on any atom is 0.208 e. The Morgan fingerprint density at radius 3 is 2.73 bits per heavy atom. The fourth-order valence-electron chi connectivity index (χ4n) is 2.63. The zero-order valence-electron chi connectivity index (χ0n) is 13.8. The predicted molar refractivity (Wildman–Crippen MR) is 88.6 cm³/mol. The van der Waals surface area contributed by atoms with Crippen molar-refractivity contribution in [1.82, 2.24) is 14.7 Å². The quantitative estimate of drug-likeness (QED) is 0.911. The van der Waals surface area contributed by atoms with Gasteiger partial charge in [-0.05, 0) is 25.3 Å². The van der Waals surface area contributed by atoms with E-state index in [4.69, 9.17) is 4.98 Å². The topological polar surface area (TPSA) is 75.2 Å². The van der Waals surface area contributed by atoms with E-state index in [1.807, 2.05) is 6.07 Å². The van der Waals surface area contributed by atoms with Crippen molar-refractivity contribution >= 4 is 15.8 Å². The Bertz CT molecular complexity index is 610. The summed E-state index contributed by atoms with van der Waals surface area (Å²) in [6, 6.07) is 2.06. The Morgan fingerprint density at radius 2 is 2.09 bits per heavy atom. The summed E-state index contributed by atoms with van der Waals surface area (Å²) in [7, 11) is -3.17. The number of anilines is 1. The van der Waals surface area contributed by atoms with Gasteiger partial charge in [0.25, 0.3) is 0 Å². The number of hydrogen-bond donors (Lipinski definition) is 1. The first-order valence-electron chi connectivity index (χ1n) is 7.71. The molecule has 22 heavy (non-hydrogen) atoms. The molecule has 7 heteroatoms. The van der Waals surface area contributed by atoms with Gasteiger partial charge in [0, 0.05) is 30.7 Å². The summed E-state index contributed by atoms with van der Waals surface area (Å²) < 4.78 is 25.3. The molecule has 1 aliphatic rings. The number of hydrogen-bond acceptors (Lipinski definition) is 5. The lowest BCUT2D eigenvalue weighted by Crippen LogP contribution is -2.47. The Hall–Kier alpha value is -1.21. The van der Waals surface area contributed by atoms with Gasteiger partial charge in [0.1, 0.15) is 11.6 Å². The van der Waals surface area contributed by atoms with Crippen molar-refractivity contribution in [1.29, 1.82) is 0 Å². The molecule has 0 radical (unpaired) electrons. The van der Waals surface area contributed by atoms with Crippen LogP contribution in [0.1, 0.15) is 45.9 Å². The van der Waals surface area contributed by atoms with Crippen LogP contribution >= 0.6 is 0 Å². The summed E-state index contributed by atoms with van der Waals surface area (Å²) in [5.41, 5.74) is -0.105. The molecule has 1 fully saturated rings. The van der Waals surface area contributed by atoms with Gasteiger partial charge in [0.15, 0.2) is 0 Å². The minimum atomic E-state index is -3.17. The van der Waals surface area contributed by atoms with E-state index in [0.29, 0.717) is 6.54 Å². The van der Waals surface area contributed by atoms with Crippen molar-refractivity contribution in [3.8, 4) is 0 Å². The lowest BCUT2D eigenvalue weighted by molar-refractivity contribution is 0.447. The maximum atomic E-state index is 11.3. The molecule has 0 unspecified atom stereocenters. The third-order valence-electron chi connectivity index (χ3n) is 3.81. The second-order valence-electron chi connectivity index (χ2n) is 6.95. The van der Waals surface area contributed by atoms with E-state index in [2.05, 4.69) is 35.4 Å². The van der Waals surface area contributed by atoms with Gasteiger partial charge in [-0.15, -0.1) is 0 Å². The summed E-state index contributed by atoms with van der Waals surface area (Å²) in [5, 5.41) is 0. The van der Waals surface area contributed by atoms with Crippen LogP contribution in [-0.4, -0.2) is 43.8 Å². The third-order valence-corrected chi connectivity index (χ3v) is 4.51. The van der Waals surface area contributed by atoms with Crippen molar-refractivity contribution < 1.29 is 8.42 Å². The number of aromatic nitrogens is 2. The smallest absolute Gasteiger partial charge is 0.208 e. The van der Waals surface area contributed by atoms with E-state index in [9.17, 15) is 8.42 Å². The molecule has 0 aromatic carbocycles. The van der Waals surface area contributed by atoms with E-state index in [-0.39, 0.29) is 11.5 Å². The van der Waals surface area contributed by atoms with Crippen LogP contribution in [0.3, 0.4) is 0 Å². The van der Waals surface area contributed by atoms with Gasteiger partial charge in [0.2, 0.25) is 10.0 Å². The molecule has 0 aliphatic carbocycles. The van der Waals surface area contributed by atoms with Crippen molar-refractivity contribution in [3.63, 3.8) is 0 Å². The van der Waals surface area contributed by atoms with Crippen LogP contribution < -0.4 is 9.62 Å². The van der Waals surface area contributed by atoms with Gasteiger partial charge >= 0.3 is 0 Å². The molecule has 1 atom stereocenters. The van der Waals surface area contributed by atoms with E-state index in [0.717, 1.165) is 37.4 Å². The highest BCUT2D eigenvalue weighted by atomic mass is 32.2. The normalized spacial score (nSPS) is 20.2. The van der Waals surface area contributed by atoms with Crippen molar-refractivity contribution in [2.45, 2.75) is 51.5 Å². The molecule has 2 rings (SSSR count). The minimum absolute atomic E-state index is 0.105. The number of nitrogens with one attached hydrogen (secondary N) is 1. The van der Waals surface area contributed by atoms with Gasteiger partial charge in [-0.2, -0.15) is 0 Å². The van der Waals surface area contributed by atoms with Crippen molar-refractivity contribution in [2.75, 3.05) is 24.2 Å². The summed E-state index contributed by atoms with van der Waals surface area (Å²) >= 11 is 0. The van der Waals surface area contributed by atoms with Gasteiger partial charge in [-0.3, -0.25) is 0 Å². The van der Waals surface area contributed by atoms with Crippen LogP contribution in [0.5, 0.6) is 0 Å². The van der Waals surface area contributed by atoms with E-state index >= 15 is 0 Å². The molecule has 1 aliphatic heterocycles. The van der Waals surface area contributed by atoms with E-state index < -0.39 is 10.0 Å². The molecular formula is C15H26N4O2S. The highest BCUT2D eigenvalue weighted by molar-refractivity contribution is 7.88. The summed E-state index contributed by atoms with van der Waals surface area (Å²) in [6.07, 6.45) is 6.17. The monoisotopic (exact) mass is 326 g/mol. The summed E-state index contributed by atoms with van der Waals surface area (Å²) in [4.78, 5) is 11.3. The van der Waals surface area contributed by atoms with E-state index in [1.54, 1.807) is 6.20 Å². The molecule has 1 saturated heterocycles. The van der Waals surface area contributed by atoms with Crippen molar-refractivity contribution in [3.05, 3.63) is 18.1 Å². The average molecular weight is 326 g/mol. The lowest BCUT2D eigenvalue weighted by atomic mass is 9.95. The molecule has 6 nitrogen and oxygen atoms in total. The Labute approximate surface area is 133 Å². The number of nitrogens with zero attached hydrogens (tertiary/aromatic N) is 3. The predicted octanol–water partition coefficient (Wildman–Crippen LogP) is 1.68. The van der Waals surface area contributed by atoms with E-state index in [1.165, 1.54) is 6.26 Å². The average Bonchev–Trinajstić information content (AvgIpc) is 2.44. The molecule has 0 spiro atoms. The van der Waals surface area contributed by atoms with Crippen molar-refractivity contribution in [2.24, 2.45) is 0 Å². The first-order valence-corrected chi connectivity index (χ1v) is 9.61. The second kappa shape index (κ2) is 6.50. The molecule has 0 saturated carbocycles. The van der Waals surface area contributed by atoms with Crippen LogP contribution in [-0.2, 0) is 15.4 Å².